The van der Waals surface area contributed by atoms with Crippen molar-refractivity contribution in [3.8, 4) is 0 Å². The lowest BCUT2D eigenvalue weighted by atomic mass is 10.0. The molecule has 2 aromatic heterocycles. The zero-order valence-electron chi connectivity index (χ0n) is 14.0. The third kappa shape index (κ3) is 3.14. The number of hydrogen-bond acceptors (Lipinski definition) is 4. The van der Waals surface area contributed by atoms with Crippen LogP contribution in [0.25, 0.3) is 4.96 Å². The van der Waals surface area contributed by atoms with Crippen LogP contribution in [0.3, 0.4) is 0 Å². The van der Waals surface area contributed by atoms with Gasteiger partial charge in [-0.15, -0.1) is 11.3 Å². The van der Waals surface area contributed by atoms with Gasteiger partial charge in [-0.3, -0.25) is 9.20 Å². The predicted molar refractivity (Wildman–Crippen MR) is 91.6 cm³/mol. The summed E-state index contributed by atoms with van der Waals surface area (Å²) >= 11 is 1.27. The Morgan fingerprint density at radius 3 is 2.70 bits per heavy atom. The molecule has 3 aromatic rings. The van der Waals surface area contributed by atoms with Crippen molar-refractivity contribution in [2.75, 3.05) is 0 Å². The summed E-state index contributed by atoms with van der Waals surface area (Å²) in [5.41, 5.74) is -0.984. The number of fused-ring (bicyclic) bond motifs is 1. The molecule has 9 heteroatoms. The highest BCUT2D eigenvalue weighted by atomic mass is 32.1. The van der Waals surface area contributed by atoms with Crippen LogP contribution in [0.2, 0.25) is 0 Å². The minimum Gasteiger partial charge on any atom is -0.392 e. The fourth-order valence-corrected chi connectivity index (χ4v) is 4.33. The highest BCUT2D eigenvalue weighted by molar-refractivity contribution is 7.17. The number of thiazole rings is 1. The summed E-state index contributed by atoms with van der Waals surface area (Å²) in [5.74, 6) is -1.46. The van der Waals surface area contributed by atoms with Crippen molar-refractivity contribution in [1.29, 1.82) is 0 Å². The van der Waals surface area contributed by atoms with Crippen LogP contribution in [-0.2, 0) is 12.6 Å². The third-order valence-electron chi connectivity index (χ3n) is 4.65. The van der Waals surface area contributed by atoms with Crippen molar-refractivity contribution in [3.05, 3.63) is 67.8 Å². The van der Waals surface area contributed by atoms with Gasteiger partial charge in [0.15, 0.2) is 4.96 Å². The summed E-state index contributed by atoms with van der Waals surface area (Å²) in [6, 6.07) is 4.27. The largest absolute Gasteiger partial charge is 0.419 e. The fourth-order valence-electron chi connectivity index (χ4n) is 3.27. The van der Waals surface area contributed by atoms with Crippen molar-refractivity contribution >= 4 is 16.3 Å². The lowest BCUT2D eigenvalue weighted by molar-refractivity contribution is -0.140. The van der Waals surface area contributed by atoms with E-state index in [1.807, 2.05) is 6.92 Å². The lowest BCUT2D eigenvalue weighted by Crippen LogP contribution is -2.17. The van der Waals surface area contributed by atoms with E-state index in [-0.39, 0.29) is 29.2 Å². The Morgan fingerprint density at radius 1 is 1.37 bits per heavy atom. The number of aromatic nitrogens is 2. The summed E-state index contributed by atoms with van der Waals surface area (Å²) in [4.78, 5) is 18.1. The monoisotopic (exact) mass is 398 g/mol. The van der Waals surface area contributed by atoms with Gasteiger partial charge in [-0.05, 0) is 25.0 Å². The maximum atomic E-state index is 14.2. The smallest absolute Gasteiger partial charge is 0.392 e. The Hall–Kier alpha value is -2.26. The molecule has 1 aromatic carbocycles. The number of benzene rings is 1. The molecule has 1 fully saturated rings. The van der Waals surface area contributed by atoms with Crippen LogP contribution in [-0.4, -0.2) is 20.6 Å². The van der Waals surface area contributed by atoms with Crippen molar-refractivity contribution in [2.24, 2.45) is 0 Å². The van der Waals surface area contributed by atoms with E-state index in [0.29, 0.717) is 17.4 Å². The highest BCUT2D eigenvalue weighted by Gasteiger charge is 2.40. The number of aryl methyl sites for hydroxylation is 1. The molecule has 0 radical (unpaired) electrons. The summed E-state index contributed by atoms with van der Waals surface area (Å²) in [6.45, 7) is 1.82. The molecule has 0 spiro atoms. The van der Waals surface area contributed by atoms with Gasteiger partial charge in [-0.2, -0.15) is 13.2 Å². The van der Waals surface area contributed by atoms with Gasteiger partial charge in [0.25, 0.3) is 5.56 Å². The standard InChI is InChI=1S/C18H14F4N2O2S/c1-8-16(11-7-13(11)25)24-14(26)6-10(23-17(24)27-8)5-9-3-2-4-12(15(9)19)18(20,21)22/h2-4,6,11,13,25H,5,7H2,1H3. The molecule has 27 heavy (non-hydrogen) atoms. The molecule has 1 aliphatic carbocycles. The van der Waals surface area contributed by atoms with Crippen molar-refractivity contribution < 1.29 is 22.7 Å². The number of nitrogens with zero attached hydrogens (tertiary/aromatic N) is 2. The van der Waals surface area contributed by atoms with E-state index in [2.05, 4.69) is 4.98 Å². The van der Waals surface area contributed by atoms with Crippen molar-refractivity contribution in [3.63, 3.8) is 0 Å². The zero-order chi connectivity index (χ0) is 19.5. The molecule has 0 saturated heterocycles. The molecular weight excluding hydrogens is 384 g/mol. The van der Waals surface area contributed by atoms with E-state index in [4.69, 9.17) is 0 Å². The molecule has 1 saturated carbocycles. The lowest BCUT2D eigenvalue weighted by Gasteiger charge is -2.11. The van der Waals surface area contributed by atoms with Gasteiger partial charge in [0.05, 0.1) is 17.4 Å². The molecule has 142 valence electrons. The molecule has 4 nitrogen and oxygen atoms in total. The maximum Gasteiger partial charge on any atom is 0.419 e. The third-order valence-corrected chi connectivity index (χ3v) is 5.62. The topological polar surface area (TPSA) is 54.6 Å². The average molecular weight is 398 g/mol. The molecule has 0 amide bonds. The van der Waals surface area contributed by atoms with Gasteiger partial charge in [0.2, 0.25) is 0 Å². The van der Waals surface area contributed by atoms with Crippen molar-refractivity contribution in [1.82, 2.24) is 9.38 Å². The maximum absolute atomic E-state index is 14.2. The van der Waals surface area contributed by atoms with Crippen LogP contribution in [0.4, 0.5) is 17.6 Å². The molecule has 4 rings (SSSR count). The van der Waals surface area contributed by atoms with Crippen LogP contribution < -0.4 is 5.56 Å². The Kier molecular flexibility index (Phi) is 4.12. The Labute approximate surface area is 154 Å². The van der Waals surface area contributed by atoms with Crippen molar-refractivity contribution in [2.45, 2.75) is 38.0 Å². The molecule has 0 aliphatic heterocycles. The van der Waals surface area contributed by atoms with Crippen LogP contribution in [0.5, 0.6) is 0 Å². The summed E-state index contributed by atoms with van der Waals surface area (Å²) in [6.07, 6.45) is -4.91. The summed E-state index contributed by atoms with van der Waals surface area (Å²) in [5, 5.41) is 9.68. The van der Waals surface area contributed by atoms with Gasteiger partial charge < -0.3 is 5.11 Å². The van der Waals surface area contributed by atoms with Crippen LogP contribution in [0.1, 0.15) is 39.7 Å². The van der Waals surface area contributed by atoms with Crippen LogP contribution >= 0.6 is 11.3 Å². The Morgan fingerprint density at radius 2 is 2.07 bits per heavy atom. The molecular formula is C18H14F4N2O2S. The highest BCUT2D eigenvalue weighted by Crippen LogP contribution is 2.43. The van der Waals surface area contributed by atoms with Gasteiger partial charge in [0.1, 0.15) is 5.82 Å². The van der Waals surface area contributed by atoms with Gasteiger partial charge in [0, 0.05) is 29.0 Å². The Bertz CT molecular complexity index is 1100. The first-order chi connectivity index (χ1) is 12.7. The SMILES string of the molecule is Cc1sc2nc(Cc3cccc(C(F)(F)F)c3F)cc(=O)n2c1C1CC1O. The van der Waals surface area contributed by atoms with Crippen LogP contribution in [0.15, 0.2) is 29.1 Å². The zero-order valence-corrected chi connectivity index (χ0v) is 14.9. The number of alkyl halides is 3. The molecule has 0 bridgehead atoms. The Balaban J connectivity index is 1.75. The number of aliphatic hydroxyl groups excluding tert-OH is 1. The quantitative estimate of drug-likeness (QED) is 0.685. The van der Waals surface area contributed by atoms with Gasteiger partial charge in [-0.25, -0.2) is 9.37 Å². The number of aliphatic hydroxyl groups is 1. The van der Waals surface area contributed by atoms with Crippen LogP contribution in [0, 0.1) is 12.7 Å². The minimum absolute atomic E-state index is 0.106. The van der Waals surface area contributed by atoms with E-state index in [1.54, 1.807) is 0 Å². The van der Waals surface area contributed by atoms with E-state index in [0.717, 1.165) is 16.6 Å². The first-order valence-electron chi connectivity index (χ1n) is 8.21. The molecule has 1 aliphatic rings. The van der Waals surface area contributed by atoms with E-state index in [1.165, 1.54) is 27.9 Å². The van der Waals surface area contributed by atoms with Gasteiger partial charge in [-0.1, -0.05) is 12.1 Å². The first kappa shape index (κ1) is 18.1. The minimum atomic E-state index is -4.79. The van der Waals surface area contributed by atoms with E-state index in [9.17, 15) is 27.5 Å². The number of rotatable bonds is 3. The first-order valence-corrected chi connectivity index (χ1v) is 9.03. The molecule has 2 unspecified atom stereocenters. The molecule has 2 atom stereocenters. The average Bonchev–Trinajstić information content (AvgIpc) is 3.17. The number of hydrogen-bond donors (Lipinski definition) is 1. The second kappa shape index (κ2) is 6.13. The second-order valence-corrected chi connectivity index (χ2v) is 7.79. The normalized spacial score (nSPS) is 19.6. The summed E-state index contributed by atoms with van der Waals surface area (Å²) < 4.78 is 54.3. The van der Waals surface area contributed by atoms with E-state index < -0.39 is 23.7 Å². The predicted octanol–water partition coefficient (Wildman–Crippen LogP) is 3.66. The molecule has 1 N–H and O–H groups in total. The van der Waals surface area contributed by atoms with E-state index >= 15 is 0 Å². The fraction of sp³-hybridized carbons (Fsp3) is 0.333. The second-order valence-electron chi connectivity index (χ2n) is 6.61. The summed E-state index contributed by atoms with van der Waals surface area (Å²) in [7, 11) is 0. The molecule has 2 heterocycles. The number of halogens is 4. The van der Waals surface area contributed by atoms with Gasteiger partial charge >= 0.3 is 6.18 Å².